The highest BCUT2D eigenvalue weighted by molar-refractivity contribution is 5.13. The Labute approximate surface area is 108 Å². The van der Waals surface area contributed by atoms with Gasteiger partial charge >= 0.3 is 0 Å². The summed E-state index contributed by atoms with van der Waals surface area (Å²) in [7, 11) is 0. The molecule has 0 bridgehead atoms. The monoisotopic (exact) mass is 254 g/mol. The van der Waals surface area contributed by atoms with Crippen molar-refractivity contribution in [3.05, 3.63) is 0 Å². The molecule has 2 heterocycles. The Balaban J connectivity index is 2.05. The minimum absolute atomic E-state index is 0.0187. The smallest absolute Gasteiger partial charge is 0.121 e. The zero-order valence-corrected chi connectivity index (χ0v) is 10.9. The van der Waals surface area contributed by atoms with Crippen molar-refractivity contribution in [3.8, 4) is 11.8 Å². The molecular formula is C14H22O4. The Morgan fingerprint density at radius 2 is 2.17 bits per heavy atom. The fourth-order valence-electron chi connectivity index (χ4n) is 2.97. The summed E-state index contributed by atoms with van der Waals surface area (Å²) in [6.07, 6.45) is 4.56. The van der Waals surface area contributed by atoms with Gasteiger partial charge in [0.1, 0.15) is 18.3 Å². The van der Waals surface area contributed by atoms with E-state index in [1.54, 1.807) is 0 Å². The minimum Gasteiger partial charge on any atom is -0.393 e. The normalized spacial score (nSPS) is 38.9. The van der Waals surface area contributed by atoms with E-state index in [9.17, 15) is 5.11 Å². The van der Waals surface area contributed by atoms with Crippen LogP contribution < -0.4 is 0 Å². The lowest BCUT2D eigenvalue weighted by Gasteiger charge is -2.40. The number of hydrogen-bond acceptors (Lipinski definition) is 4. The largest absolute Gasteiger partial charge is 0.393 e. The van der Waals surface area contributed by atoms with Crippen molar-refractivity contribution >= 4 is 0 Å². The zero-order chi connectivity index (χ0) is 13.0. The highest BCUT2D eigenvalue weighted by Crippen LogP contribution is 2.42. The maximum atomic E-state index is 9.68. The quantitative estimate of drug-likeness (QED) is 0.733. The molecule has 0 radical (unpaired) electrons. The van der Waals surface area contributed by atoms with Crippen molar-refractivity contribution in [2.45, 2.75) is 62.9 Å². The molecule has 2 saturated heterocycles. The van der Waals surface area contributed by atoms with Gasteiger partial charge < -0.3 is 19.7 Å². The summed E-state index contributed by atoms with van der Waals surface area (Å²) < 4.78 is 11.9. The van der Waals surface area contributed by atoms with E-state index < -0.39 is 5.60 Å². The first-order valence-corrected chi connectivity index (χ1v) is 6.77. The summed E-state index contributed by atoms with van der Waals surface area (Å²) in [5, 5.41) is 18.4. The first kappa shape index (κ1) is 13.8. The number of ether oxygens (including phenoxy) is 2. The summed E-state index contributed by atoms with van der Waals surface area (Å²) in [4.78, 5) is 0. The first-order chi connectivity index (χ1) is 8.74. The van der Waals surface area contributed by atoms with E-state index in [4.69, 9.17) is 14.6 Å². The third-order valence-electron chi connectivity index (χ3n) is 3.82. The Morgan fingerprint density at radius 1 is 1.33 bits per heavy atom. The maximum Gasteiger partial charge on any atom is 0.121 e. The SMILES string of the molecule is CCC[C@H]1CC[C@@H]2O[C@@H](C#CCO)C[C@]2(CO)O1. The lowest BCUT2D eigenvalue weighted by molar-refractivity contribution is -0.183. The summed E-state index contributed by atoms with van der Waals surface area (Å²) in [6, 6.07) is 0. The van der Waals surface area contributed by atoms with Crippen LogP contribution in [0.3, 0.4) is 0 Å². The number of aliphatic hydroxyl groups excluding tert-OH is 2. The third-order valence-corrected chi connectivity index (χ3v) is 3.82. The lowest BCUT2D eigenvalue weighted by Crippen LogP contribution is -2.51. The second-order valence-electron chi connectivity index (χ2n) is 5.13. The fourth-order valence-corrected chi connectivity index (χ4v) is 2.97. The zero-order valence-electron chi connectivity index (χ0n) is 10.9. The van der Waals surface area contributed by atoms with Gasteiger partial charge in [-0.25, -0.2) is 0 Å². The van der Waals surface area contributed by atoms with Crippen LogP contribution in [0.25, 0.3) is 0 Å². The summed E-state index contributed by atoms with van der Waals surface area (Å²) in [5.74, 6) is 5.50. The van der Waals surface area contributed by atoms with Gasteiger partial charge in [-0.3, -0.25) is 0 Å². The van der Waals surface area contributed by atoms with E-state index in [2.05, 4.69) is 18.8 Å². The molecule has 2 rings (SSSR count). The highest BCUT2D eigenvalue weighted by Gasteiger charge is 2.52. The fraction of sp³-hybridized carbons (Fsp3) is 0.857. The van der Waals surface area contributed by atoms with Crippen molar-refractivity contribution in [2.75, 3.05) is 13.2 Å². The van der Waals surface area contributed by atoms with Crippen molar-refractivity contribution in [3.63, 3.8) is 0 Å². The average Bonchev–Trinajstić information content (AvgIpc) is 2.75. The molecule has 0 spiro atoms. The van der Waals surface area contributed by atoms with Gasteiger partial charge in [-0.1, -0.05) is 25.2 Å². The predicted molar refractivity (Wildman–Crippen MR) is 67.0 cm³/mol. The van der Waals surface area contributed by atoms with Crippen molar-refractivity contribution in [1.82, 2.24) is 0 Å². The topological polar surface area (TPSA) is 58.9 Å². The van der Waals surface area contributed by atoms with Gasteiger partial charge in [-0.15, -0.1) is 0 Å². The standard InChI is InChI=1S/C14H22O4/c1-2-4-11-6-7-13-14(10-16,18-11)9-12(17-13)5-3-8-15/h11-13,15-16H,2,4,6-10H2,1H3/t11-,12-,13-,14+/m0/s1. The van der Waals surface area contributed by atoms with E-state index in [0.717, 1.165) is 25.7 Å². The molecule has 0 aromatic rings. The lowest BCUT2D eigenvalue weighted by atomic mass is 9.86. The minimum atomic E-state index is -0.576. The molecule has 102 valence electrons. The summed E-state index contributed by atoms with van der Waals surface area (Å²) in [6.45, 7) is 1.97. The maximum absolute atomic E-state index is 9.68. The molecule has 2 aliphatic heterocycles. The van der Waals surface area contributed by atoms with Crippen LogP contribution >= 0.6 is 0 Å². The van der Waals surface area contributed by atoms with Crippen LogP contribution in [0.4, 0.5) is 0 Å². The highest BCUT2D eigenvalue weighted by atomic mass is 16.6. The van der Waals surface area contributed by atoms with Gasteiger partial charge in [0, 0.05) is 6.42 Å². The second kappa shape index (κ2) is 6.03. The van der Waals surface area contributed by atoms with Crippen molar-refractivity contribution in [2.24, 2.45) is 0 Å². The van der Waals surface area contributed by atoms with Gasteiger partial charge in [0.05, 0.1) is 18.8 Å². The summed E-state index contributed by atoms with van der Waals surface area (Å²) in [5.41, 5.74) is -0.576. The molecular weight excluding hydrogens is 232 g/mol. The van der Waals surface area contributed by atoms with E-state index in [-0.39, 0.29) is 31.5 Å². The molecule has 18 heavy (non-hydrogen) atoms. The third kappa shape index (κ3) is 2.70. The first-order valence-electron chi connectivity index (χ1n) is 6.77. The van der Waals surface area contributed by atoms with Gasteiger partial charge in [0.25, 0.3) is 0 Å². The second-order valence-corrected chi connectivity index (χ2v) is 5.13. The van der Waals surface area contributed by atoms with Crippen molar-refractivity contribution in [1.29, 1.82) is 0 Å². The van der Waals surface area contributed by atoms with Gasteiger partial charge in [0.2, 0.25) is 0 Å². The molecule has 2 fully saturated rings. The van der Waals surface area contributed by atoms with E-state index >= 15 is 0 Å². The molecule has 4 nitrogen and oxygen atoms in total. The molecule has 4 atom stereocenters. The molecule has 0 saturated carbocycles. The molecule has 0 unspecified atom stereocenters. The van der Waals surface area contributed by atoms with Crippen LogP contribution in [0.5, 0.6) is 0 Å². The van der Waals surface area contributed by atoms with Crippen LogP contribution in [-0.4, -0.2) is 47.3 Å². The number of rotatable bonds is 3. The average molecular weight is 254 g/mol. The number of aliphatic hydroxyl groups is 2. The molecule has 4 heteroatoms. The van der Waals surface area contributed by atoms with E-state index in [1.165, 1.54) is 0 Å². The van der Waals surface area contributed by atoms with E-state index in [0.29, 0.717) is 6.42 Å². The Hall–Kier alpha value is -0.600. The van der Waals surface area contributed by atoms with Crippen LogP contribution in [0.1, 0.15) is 39.0 Å². The van der Waals surface area contributed by atoms with Crippen LogP contribution in [0, 0.1) is 11.8 Å². The van der Waals surface area contributed by atoms with Crippen LogP contribution in [0.15, 0.2) is 0 Å². The van der Waals surface area contributed by atoms with Gasteiger partial charge in [0.15, 0.2) is 0 Å². The van der Waals surface area contributed by atoms with Gasteiger partial charge in [-0.05, 0) is 19.3 Å². The molecule has 0 aromatic carbocycles. The Bertz CT molecular complexity index is 332. The molecule has 0 amide bonds. The number of hydrogen-bond donors (Lipinski definition) is 2. The number of fused-ring (bicyclic) bond motifs is 1. The predicted octanol–water partition coefficient (Wildman–Crippen LogP) is 0.850. The van der Waals surface area contributed by atoms with Crippen LogP contribution in [-0.2, 0) is 9.47 Å². The van der Waals surface area contributed by atoms with Gasteiger partial charge in [-0.2, -0.15) is 0 Å². The van der Waals surface area contributed by atoms with E-state index in [1.807, 2.05) is 0 Å². The molecule has 0 aromatic heterocycles. The molecule has 2 N–H and O–H groups in total. The Morgan fingerprint density at radius 3 is 2.83 bits per heavy atom. The summed E-state index contributed by atoms with van der Waals surface area (Å²) >= 11 is 0. The molecule has 2 aliphatic rings. The molecule has 0 aliphatic carbocycles. The Kier molecular flexibility index (Phi) is 4.63. The van der Waals surface area contributed by atoms with Crippen LogP contribution in [0.2, 0.25) is 0 Å². The van der Waals surface area contributed by atoms with Crippen molar-refractivity contribution < 1.29 is 19.7 Å².